The molecule has 0 bridgehead atoms. The first kappa shape index (κ1) is 16.8. The van der Waals surface area contributed by atoms with Gasteiger partial charge in [-0.1, -0.05) is 0 Å². The van der Waals surface area contributed by atoms with Gasteiger partial charge in [0.15, 0.2) is 0 Å². The minimum atomic E-state index is 0.0986. The Morgan fingerprint density at radius 1 is 1.23 bits per heavy atom. The fraction of sp³-hybridized carbons (Fsp3) is 0.421. The van der Waals surface area contributed by atoms with Crippen LogP contribution in [-0.2, 0) is 13.6 Å². The van der Waals surface area contributed by atoms with Crippen molar-refractivity contribution in [2.45, 2.75) is 19.9 Å². The molecule has 1 aliphatic heterocycles. The zero-order chi connectivity index (χ0) is 18.1. The van der Waals surface area contributed by atoms with Gasteiger partial charge in [0.2, 0.25) is 0 Å². The molecule has 0 radical (unpaired) electrons. The molecule has 3 aromatic rings. The maximum Gasteiger partial charge on any atom is 0.253 e. The van der Waals surface area contributed by atoms with Crippen LogP contribution in [0, 0.1) is 6.92 Å². The number of carbonyl (C=O) groups excluding carboxylic acids is 1. The quantitative estimate of drug-likeness (QED) is 0.782. The van der Waals surface area contributed by atoms with E-state index >= 15 is 0 Å². The van der Waals surface area contributed by atoms with E-state index in [2.05, 4.69) is 24.4 Å². The Morgan fingerprint density at radius 3 is 2.92 bits per heavy atom. The molecule has 7 heteroatoms. The summed E-state index contributed by atoms with van der Waals surface area (Å²) in [5.74, 6) is 0.965. The maximum absolute atomic E-state index is 12.9. The van der Waals surface area contributed by atoms with Crippen molar-refractivity contribution >= 4 is 16.9 Å². The third kappa shape index (κ3) is 3.35. The minimum Gasteiger partial charge on any atom is -0.342 e. The molecule has 26 heavy (non-hydrogen) atoms. The second kappa shape index (κ2) is 6.92. The summed E-state index contributed by atoms with van der Waals surface area (Å²) < 4.78 is 2.05. The molecule has 7 nitrogen and oxygen atoms in total. The van der Waals surface area contributed by atoms with Crippen molar-refractivity contribution in [3.8, 4) is 0 Å². The first-order valence-corrected chi connectivity index (χ1v) is 9.03. The van der Waals surface area contributed by atoms with Crippen molar-refractivity contribution < 1.29 is 4.79 Å². The summed E-state index contributed by atoms with van der Waals surface area (Å²) in [7, 11) is 2.02. The summed E-state index contributed by atoms with van der Waals surface area (Å²) in [6.07, 6.45) is 4.72. The third-order valence-corrected chi connectivity index (χ3v) is 5.03. The molecule has 1 amide bonds. The Bertz CT molecular complexity index is 927. The normalized spacial score (nSPS) is 16.2. The summed E-state index contributed by atoms with van der Waals surface area (Å²) in [6, 6.07) is 5.71. The van der Waals surface area contributed by atoms with E-state index in [9.17, 15) is 4.79 Å². The van der Waals surface area contributed by atoms with Crippen LogP contribution in [0.1, 0.15) is 28.3 Å². The molecule has 0 atom stereocenters. The molecule has 1 aliphatic rings. The Hall–Kier alpha value is -2.67. The highest BCUT2D eigenvalue weighted by Gasteiger charge is 2.21. The van der Waals surface area contributed by atoms with Crippen molar-refractivity contribution in [3.63, 3.8) is 0 Å². The summed E-state index contributed by atoms with van der Waals surface area (Å²) in [4.78, 5) is 29.1. The van der Waals surface area contributed by atoms with Gasteiger partial charge in [-0.05, 0) is 31.5 Å². The fourth-order valence-corrected chi connectivity index (χ4v) is 3.55. The number of hydrogen-bond acceptors (Lipinski definition) is 4. The number of fused-ring (bicyclic) bond motifs is 1. The zero-order valence-electron chi connectivity index (χ0n) is 15.3. The topological polar surface area (TPSA) is 70.1 Å². The van der Waals surface area contributed by atoms with Gasteiger partial charge in [-0.3, -0.25) is 9.69 Å². The van der Waals surface area contributed by atoms with Crippen LogP contribution >= 0.6 is 0 Å². The SMILES string of the molecule is Cc1nc2ccc(C(=O)N3CCCN(Cc4cncn4C)CC3)cc2[nH]1. The molecule has 1 aromatic carbocycles. The number of aromatic amines is 1. The lowest BCUT2D eigenvalue weighted by atomic mass is 10.1. The number of amides is 1. The van der Waals surface area contributed by atoms with Crippen LogP contribution in [0.3, 0.4) is 0 Å². The van der Waals surface area contributed by atoms with Gasteiger partial charge in [0, 0.05) is 51.5 Å². The number of benzene rings is 1. The molecule has 0 saturated carbocycles. The van der Waals surface area contributed by atoms with E-state index in [-0.39, 0.29) is 5.91 Å². The van der Waals surface area contributed by atoms with E-state index in [0.717, 1.165) is 61.6 Å². The first-order valence-electron chi connectivity index (χ1n) is 9.03. The Morgan fingerprint density at radius 2 is 2.12 bits per heavy atom. The highest BCUT2D eigenvalue weighted by Crippen LogP contribution is 2.16. The van der Waals surface area contributed by atoms with Crippen molar-refractivity contribution in [3.05, 3.63) is 47.8 Å². The van der Waals surface area contributed by atoms with Crippen molar-refractivity contribution in [2.75, 3.05) is 26.2 Å². The maximum atomic E-state index is 12.9. The minimum absolute atomic E-state index is 0.0986. The number of aryl methyl sites for hydroxylation is 2. The molecule has 4 rings (SSSR count). The predicted molar refractivity (Wildman–Crippen MR) is 99.8 cm³/mol. The van der Waals surface area contributed by atoms with Crippen molar-refractivity contribution in [1.29, 1.82) is 0 Å². The van der Waals surface area contributed by atoms with Gasteiger partial charge in [-0.25, -0.2) is 9.97 Å². The number of rotatable bonds is 3. The number of nitrogens with zero attached hydrogens (tertiary/aromatic N) is 5. The second-order valence-corrected chi connectivity index (χ2v) is 6.97. The van der Waals surface area contributed by atoms with Crippen LogP contribution in [0.15, 0.2) is 30.7 Å². The molecule has 0 aliphatic carbocycles. The molecule has 1 saturated heterocycles. The number of carbonyl (C=O) groups is 1. The molecule has 2 aromatic heterocycles. The van der Waals surface area contributed by atoms with E-state index < -0.39 is 0 Å². The highest BCUT2D eigenvalue weighted by atomic mass is 16.2. The van der Waals surface area contributed by atoms with Crippen LogP contribution in [0.5, 0.6) is 0 Å². The number of imidazole rings is 2. The predicted octanol–water partition coefficient (Wildman–Crippen LogP) is 1.95. The monoisotopic (exact) mass is 352 g/mol. The van der Waals surface area contributed by atoms with Gasteiger partial charge in [-0.15, -0.1) is 0 Å². The number of H-pyrrole nitrogens is 1. The lowest BCUT2D eigenvalue weighted by Crippen LogP contribution is -2.35. The Balaban J connectivity index is 1.44. The summed E-state index contributed by atoms with van der Waals surface area (Å²) in [5.41, 5.74) is 3.74. The molecule has 3 heterocycles. The molecular weight excluding hydrogens is 328 g/mol. The molecule has 1 fully saturated rings. The van der Waals surface area contributed by atoms with Gasteiger partial charge < -0.3 is 14.5 Å². The summed E-state index contributed by atoms with van der Waals surface area (Å²) >= 11 is 0. The van der Waals surface area contributed by atoms with Crippen LogP contribution in [-0.4, -0.2) is 61.4 Å². The van der Waals surface area contributed by atoms with E-state index in [1.807, 2.05) is 49.6 Å². The van der Waals surface area contributed by atoms with Crippen LogP contribution in [0.25, 0.3) is 11.0 Å². The second-order valence-electron chi connectivity index (χ2n) is 6.97. The van der Waals surface area contributed by atoms with E-state index in [1.54, 1.807) is 0 Å². The Kier molecular flexibility index (Phi) is 4.46. The average molecular weight is 352 g/mol. The Labute approximate surface area is 152 Å². The van der Waals surface area contributed by atoms with Crippen molar-refractivity contribution in [1.82, 2.24) is 29.3 Å². The molecule has 136 valence electrons. The molecule has 0 unspecified atom stereocenters. The smallest absolute Gasteiger partial charge is 0.253 e. The van der Waals surface area contributed by atoms with Crippen LogP contribution < -0.4 is 0 Å². The molecule has 1 N–H and O–H groups in total. The third-order valence-electron chi connectivity index (χ3n) is 5.03. The fourth-order valence-electron chi connectivity index (χ4n) is 3.55. The van der Waals surface area contributed by atoms with E-state index in [1.165, 1.54) is 5.69 Å². The number of hydrogen-bond donors (Lipinski definition) is 1. The largest absolute Gasteiger partial charge is 0.342 e. The van der Waals surface area contributed by atoms with Gasteiger partial charge in [0.25, 0.3) is 5.91 Å². The average Bonchev–Trinajstić information content (AvgIpc) is 3.11. The zero-order valence-corrected chi connectivity index (χ0v) is 15.3. The van der Waals surface area contributed by atoms with Gasteiger partial charge in [-0.2, -0.15) is 0 Å². The summed E-state index contributed by atoms with van der Waals surface area (Å²) in [6.45, 7) is 6.21. The lowest BCUT2D eigenvalue weighted by molar-refractivity contribution is 0.0761. The van der Waals surface area contributed by atoms with Crippen LogP contribution in [0.4, 0.5) is 0 Å². The van der Waals surface area contributed by atoms with Crippen molar-refractivity contribution in [2.24, 2.45) is 7.05 Å². The number of nitrogens with one attached hydrogen (secondary N) is 1. The van der Waals surface area contributed by atoms with Gasteiger partial charge in [0.1, 0.15) is 5.82 Å². The highest BCUT2D eigenvalue weighted by molar-refractivity contribution is 5.97. The first-order chi connectivity index (χ1) is 12.6. The van der Waals surface area contributed by atoms with Crippen LogP contribution in [0.2, 0.25) is 0 Å². The van der Waals surface area contributed by atoms with Gasteiger partial charge >= 0.3 is 0 Å². The van der Waals surface area contributed by atoms with E-state index in [0.29, 0.717) is 0 Å². The lowest BCUT2D eigenvalue weighted by Gasteiger charge is -2.22. The van der Waals surface area contributed by atoms with E-state index in [4.69, 9.17) is 0 Å². The molecular formula is C19H24N6O. The summed E-state index contributed by atoms with van der Waals surface area (Å²) in [5, 5.41) is 0. The number of aromatic nitrogens is 4. The molecule has 0 spiro atoms. The van der Waals surface area contributed by atoms with Gasteiger partial charge in [0.05, 0.1) is 23.1 Å². The standard InChI is InChI=1S/C19H24N6O/c1-14-21-17-5-4-15(10-18(17)22-14)19(26)25-7-3-6-24(8-9-25)12-16-11-20-13-23(16)2/h4-5,10-11,13H,3,6-9,12H2,1-2H3,(H,21,22).